The van der Waals surface area contributed by atoms with E-state index in [2.05, 4.69) is 5.73 Å². The Morgan fingerprint density at radius 3 is 1.23 bits per heavy atom. The van der Waals surface area contributed by atoms with E-state index < -0.39 is 23.8 Å². The fraction of sp³-hybridized carbons (Fsp3) is 0. The SMILES string of the molecule is NC(=O)C=C(O)O.O=C(O)C(=O)O. The first-order valence-electron chi connectivity index (χ1n) is 2.62. The molecule has 0 aliphatic carbocycles. The summed E-state index contributed by atoms with van der Waals surface area (Å²) in [7, 11) is 0. The van der Waals surface area contributed by atoms with Crippen LogP contribution in [-0.4, -0.2) is 38.3 Å². The number of aliphatic carboxylic acids is 2. The summed E-state index contributed by atoms with van der Waals surface area (Å²) in [6.45, 7) is 0. The van der Waals surface area contributed by atoms with Crippen molar-refractivity contribution in [2.24, 2.45) is 5.73 Å². The second kappa shape index (κ2) is 6.46. The molecule has 0 saturated heterocycles. The van der Waals surface area contributed by atoms with Crippen LogP contribution in [0, 0.1) is 0 Å². The van der Waals surface area contributed by atoms with Crippen molar-refractivity contribution < 1.29 is 34.8 Å². The molecule has 0 aromatic rings. The topological polar surface area (TPSA) is 158 Å². The van der Waals surface area contributed by atoms with Gasteiger partial charge in [-0.15, -0.1) is 0 Å². The number of carboxylic acid groups (broad SMARTS) is 2. The molecule has 0 bridgehead atoms. The summed E-state index contributed by atoms with van der Waals surface area (Å²) in [4.78, 5) is 27.8. The van der Waals surface area contributed by atoms with Gasteiger partial charge in [-0.1, -0.05) is 0 Å². The number of aliphatic hydroxyl groups is 2. The zero-order valence-corrected chi connectivity index (χ0v) is 6.17. The van der Waals surface area contributed by atoms with Crippen LogP contribution in [0.5, 0.6) is 0 Å². The van der Waals surface area contributed by atoms with Crippen molar-refractivity contribution in [1.29, 1.82) is 0 Å². The van der Waals surface area contributed by atoms with Crippen LogP contribution in [-0.2, 0) is 14.4 Å². The number of carbonyl (C=O) groups is 3. The molecule has 8 nitrogen and oxygen atoms in total. The van der Waals surface area contributed by atoms with Crippen molar-refractivity contribution in [1.82, 2.24) is 0 Å². The van der Waals surface area contributed by atoms with Gasteiger partial charge in [0.25, 0.3) is 5.95 Å². The molecule has 13 heavy (non-hydrogen) atoms. The number of carboxylic acids is 2. The van der Waals surface area contributed by atoms with E-state index in [1.54, 1.807) is 0 Å². The van der Waals surface area contributed by atoms with Gasteiger partial charge in [0, 0.05) is 0 Å². The summed E-state index contributed by atoms with van der Waals surface area (Å²) < 4.78 is 0. The van der Waals surface area contributed by atoms with E-state index in [1.807, 2.05) is 0 Å². The first-order valence-corrected chi connectivity index (χ1v) is 2.62. The number of carbonyl (C=O) groups excluding carboxylic acids is 1. The molecule has 1 amide bonds. The largest absolute Gasteiger partial charge is 0.481 e. The molecule has 0 fully saturated rings. The average Bonchev–Trinajstić information content (AvgIpc) is 1.84. The zero-order chi connectivity index (χ0) is 11.0. The molecule has 0 unspecified atom stereocenters. The van der Waals surface area contributed by atoms with Crippen molar-refractivity contribution >= 4 is 17.8 Å². The highest BCUT2D eigenvalue weighted by Gasteiger charge is 2.04. The Bertz CT molecular complexity index is 227. The van der Waals surface area contributed by atoms with Crippen molar-refractivity contribution in [3.8, 4) is 0 Å². The van der Waals surface area contributed by atoms with E-state index in [4.69, 9.17) is 30.0 Å². The summed E-state index contributed by atoms with van der Waals surface area (Å²) >= 11 is 0. The Balaban J connectivity index is 0. The number of amides is 1. The van der Waals surface area contributed by atoms with E-state index in [0.29, 0.717) is 6.08 Å². The predicted octanol–water partition coefficient (Wildman–Crippen LogP) is -1.42. The van der Waals surface area contributed by atoms with Crippen molar-refractivity contribution in [2.75, 3.05) is 0 Å². The molecule has 6 N–H and O–H groups in total. The molecule has 0 aromatic heterocycles. The standard InChI is InChI=1S/C3H5NO3.C2H2O4/c4-2(5)1-3(6)7;3-1(4)2(5)6/h1,6-7H,(H2,4,5);(H,3,4)(H,5,6). The Morgan fingerprint density at radius 1 is 0.923 bits per heavy atom. The molecule has 0 saturated carbocycles. The normalized spacial score (nSPS) is 7.38. The van der Waals surface area contributed by atoms with E-state index in [1.165, 1.54) is 0 Å². The molecule has 0 heterocycles. The molecule has 0 aliphatic rings. The summed E-state index contributed by atoms with van der Waals surface area (Å²) in [5, 5.41) is 30.5. The maximum absolute atomic E-state index is 9.64. The fourth-order valence-electron chi connectivity index (χ4n) is 0.127. The van der Waals surface area contributed by atoms with E-state index >= 15 is 0 Å². The minimum Gasteiger partial charge on any atom is -0.481 e. The number of hydrogen-bond acceptors (Lipinski definition) is 5. The summed E-state index contributed by atoms with van der Waals surface area (Å²) in [5.41, 5.74) is 4.46. The molecule has 0 rings (SSSR count). The van der Waals surface area contributed by atoms with Gasteiger partial charge in [0.1, 0.15) is 0 Å². The smallest absolute Gasteiger partial charge is 0.414 e. The van der Waals surface area contributed by atoms with Gasteiger partial charge >= 0.3 is 11.9 Å². The Kier molecular flexibility index (Phi) is 6.63. The highest BCUT2D eigenvalue weighted by molar-refractivity contribution is 6.27. The number of nitrogens with two attached hydrogens (primary N) is 1. The van der Waals surface area contributed by atoms with Crippen molar-refractivity contribution in [3.05, 3.63) is 12.0 Å². The maximum atomic E-state index is 9.64. The summed E-state index contributed by atoms with van der Waals surface area (Å²) in [6, 6.07) is 0. The molecule has 0 atom stereocenters. The van der Waals surface area contributed by atoms with Crippen molar-refractivity contribution in [3.63, 3.8) is 0 Å². The maximum Gasteiger partial charge on any atom is 0.414 e. The lowest BCUT2D eigenvalue weighted by Crippen LogP contribution is -2.09. The van der Waals surface area contributed by atoms with Gasteiger partial charge in [-0.25, -0.2) is 9.59 Å². The van der Waals surface area contributed by atoms with Crippen molar-refractivity contribution in [2.45, 2.75) is 0 Å². The van der Waals surface area contributed by atoms with E-state index in [-0.39, 0.29) is 0 Å². The Labute approximate surface area is 71.5 Å². The first kappa shape index (κ1) is 13.3. The van der Waals surface area contributed by atoms with Crippen LogP contribution in [0.1, 0.15) is 0 Å². The monoisotopic (exact) mass is 193 g/mol. The van der Waals surface area contributed by atoms with Gasteiger partial charge < -0.3 is 26.2 Å². The van der Waals surface area contributed by atoms with E-state index in [9.17, 15) is 4.79 Å². The predicted molar refractivity (Wildman–Crippen MR) is 37.8 cm³/mol. The molecule has 8 heteroatoms. The zero-order valence-electron chi connectivity index (χ0n) is 6.17. The minimum absolute atomic E-state index is 0.500. The summed E-state index contributed by atoms with van der Waals surface area (Å²) in [6.07, 6.45) is 0.500. The van der Waals surface area contributed by atoms with Crippen LogP contribution in [0.15, 0.2) is 12.0 Å². The average molecular weight is 193 g/mol. The number of aliphatic hydroxyl groups excluding tert-OH is 1. The lowest BCUT2D eigenvalue weighted by Gasteiger charge is -1.80. The third-order valence-electron chi connectivity index (χ3n) is 0.454. The third-order valence-corrected chi connectivity index (χ3v) is 0.454. The highest BCUT2D eigenvalue weighted by Crippen LogP contribution is 1.73. The van der Waals surface area contributed by atoms with Gasteiger partial charge in [-0.2, -0.15) is 0 Å². The Hall–Kier alpha value is -2.25. The van der Waals surface area contributed by atoms with Gasteiger partial charge in [0.2, 0.25) is 5.91 Å². The quantitative estimate of drug-likeness (QED) is 0.194. The summed E-state index contributed by atoms with van der Waals surface area (Å²) in [5.74, 6) is -5.59. The van der Waals surface area contributed by atoms with Crippen LogP contribution in [0.25, 0.3) is 0 Å². The molecule has 0 spiro atoms. The van der Waals surface area contributed by atoms with Gasteiger partial charge in [0.15, 0.2) is 0 Å². The minimum atomic E-state index is -1.82. The lowest BCUT2D eigenvalue weighted by molar-refractivity contribution is -0.159. The molecular weight excluding hydrogens is 186 g/mol. The second-order valence-electron chi connectivity index (χ2n) is 1.52. The van der Waals surface area contributed by atoms with Crippen LogP contribution in [0.2, 0.25) is 0 Å². The van der Waals surface area contributed by atoms with Crippen LogP contribution in [0.3, 0.4) is 0 Å². The first-order chi connectivity index (χ1) is 5.77. The number of rotatable bonds is 1. The van der Waals surface area contributed by atoms with Gasteiger partial charge in [-0.05, 0) is 0 Å². The molecule has 74 valence electrons. The highest BCUT2D eigenvalue weighted by atomic mass is 16.5. The fourth-order valence-corrected chi connectivity index (χ4v) is 0.127. The molecule has 0 aliphatic heterocycles. The van der Waals surface area contributed by atoms with Crippen LogP contribution >= 0.6 is 0 Å². The van der Waals surface area contributed by atoms with Gasteiger partial charge in [-0.3, -0.25) is 4.79 Å². The number of primary amides is 1. The van der Waals surface area contributed by atoms with Gasteiger partial charge in [0.05, 0.1) is 6.08 Å². The second-order valence-corrected chi connectivity index (χ2v) is 1.52. The molecular formula is C5H7NO7. The molecule has 0 aromatic carbocycles. The van der Waals surface area contributed by atoms with Crippen LogP contribution < -0.4 is 5.73 Å². The van der Waals surface area contributed by atoms with Crippen LogP contribution in [0.4, 0.5) is 0 Å². The molecule has 0 radical (unpaired) electrons. The lowest BCUT2D eigenvalue weighted by atomic mass is 10.6. The number of hydrogen-bond donors (Lipinski definition) is 5. The third kappa shape index (κ3) is 17.7. The van der Waals surface area contributed by atoms with E-state index in [0.717, 1.165) is 0 Å². The Morgan fingerprint density at radius 2 is 1.23 bits per heavy atom.